The summed E-state index contributed by atoms with van der Waals surface area (Å²) in [4.78, 5) is 0.771. The van der Waals surface area contributed by atoms with Crippen molar-refractivity contribution >= 4 is 15.9 Å². The van der Waals surface area contributed by atoms with E-state index in [1.54, 1.807) is 5.56 Å². The monoisotopic (exact) mass is 266 g/mol. The van der Waals surface area contributed by atoms with Crippen molar-refractivity contribution in [3.8, 4) is 0 Å². The average Bonchev–Trinajstić information content (AvgIpc) is 2.58. The molecule has 1 aromatic carbocycles. The van der Waals surface area contributed by atoms with Gasteiger partial charge in [-0.25, -0.2) is 0 Å². The number of hydrogen-bond acceptors (Lipinski definition) is 0. The van der Waals surface area contributed by atoms with Gasteiger partial charge in [0.15, 0.2) is 0 Å². The van der Waals surface area contributed by atoms with Crippen LogP contribution < -0.4 is 0 Å². The molecule has 0 radical (unpaired) electrons. The van der Waals surface area contributed by atoms with Crippen LogP contribution >= 0.6 is 15.9 Å². The lowest BCUT2D eigenvalue weighted by atomic mass is 9.94. The summed E-state index contributed by atoms with van der Waals surface area (Å²) in [5.41, 5.74) is 4.41. The maximum atomic E-state index is 3.73. The third-order valence-electron chi connectivity index (χ3n) is 3.49. The predicted molar refractivity (Wildman–Crippen MR) is 69.7 cm³/mol. The van der Waals surface area contributed by atoms with Gasteiger partial charge in [-0.1, -0.05) is 39.7 Å². The predicted octanol–water partition coefficient (Wildman–Crippen LogP) is 4.41. The van der Waals surface area contributed by atoms with Gasteiger partial charge in [-0.15, -0.1) is 0 Å². The molecule has 0 saturated heterocycles. The minimum absolute atomic E-state index is 0.771. The fraction of sp³-hybridized carbons (Fsp3) is 0.571. The Kier molecular flexibility index (Phi) is 3.50. The third kappa shape index (κ3) is 2.84. The molecule has 2 rings (SSSR count). The summed E-state index contributed by atoms with van der Waals surface area (Å²) in [6.45, 7) is 4.42. The second-order valence-corrected chi connectivity index (χ2v) is 6.21. The maximum absolute atomic E-state index is 3.73. The van der Waals surface area contributed by atoms with E-state index in [0.717, 1.165) is 10.7 Å². The molecule has 82 valence electrons. The fourth-order valence-corrected chi connectivity index (χ4v) is 3.32. The highest BCUT2D eigenvalue weighted by atomic mass is 79.9. The molecule has 2 unspecified atom stereocenters. The topological polar surface area (TPSA) is 0 Å². The first-order valence-electron chi connectivity index (χ1n) is 5.85. The molecule has 0 nitrogen and oxygen atoms in total. The smallest absolute Gasteiger partial charge is 0.0148 e. The molecule has 1 heteroatoms. The summed E-state index contributed by atoms with van der Waals surface area (Å²) in [5.74, 6) is 0.898. The van der Waals surface area contributed by atoms with Crippen molar-refractivity contribution in [2.45, 2.75) is 44.4 Å². The van der Waals surface area contributed by atoms with Gasteiger partial charge in [-0.3, -0.25) is 0 Å². The van der Waals surface area contributed by atoms with Crippen LogP contribution in [0, 0.1) is 19.8 Å². The van der Waals surface area contributed by atoms with Gasteiger partial charge in [-0.2, -0.15) is 0 Å². The lowest BCUT2D eigenvalue weighted by molar-refractivity contribution is 0.547. The van der Waals surface area contributed by atoms with Gasteiger partial charge in [0.25, 0.3) is 0 Å². The molecule has 0 aromatic heterocycles. The second-order valence-electron chi connectivity index (χ2n) is 4.91. The molecule has 0 bridgehead atoms. The van der Waals surface area contributed by atoms with Crippen LogP contribution in [0.15, 0.2) is 18.2 Å². The fourth-order valence-electron chi connectivity index (χ4n) is 2.53. The number of alkyl halides is 1. The van der Waals surface area contributed by atoms with Crippen LogP contribution in [0.1, 0.15) is 36.0 Å². The lowest BCUT2D eigenvalue weighted by Gasteiger charge is -2.12. The highest BCUT2D eigenvalue weighted by Gasteiger charge is 2.22. The van der Waals surface area contributed by atoms with Gasteiger partial charge in [0.2, 0.25) is 0 Å². The molecule has 1 saturated carbocycles. The molecule has 1 fully saturated rings. The van der Waals surface area contributed by atoms with Crippen molar-refractivity contribution in [3.05, 3.63) is 34.9 Å². The summed E-state index contributed by atoms with van der Waals surface area (Å²) < 4.78 is 0. The molecule has 0 amide bonds. The van der Waals surface area contributed by atoms with E-state index in [0.29, 0.717) is 0 Å². The first-order chi connectivity index (χ1) is 7.15. The molecule has 0 heterocycles. The standard InChI is InChI=1S/C14H19Br/c1-10-3-4-11(2)13(7-10)8-12-5-6-14(15)9-12/h3-4,7,12,14H,5-6,8-9H2,1-2H3. The Balaban J connectivity index is 2.07. The minimum atomic E-state index is 0.771. The van der Waals surface area contributed by atoms with E-state index in [1.165, 1.54) is 36.8 Å². The van der Waals surface area contributed by atoms with Crippen molar-refractivity contribution in [2.24, 2.45) is 5.92 Å². The zero-order valence-corrected chi connectivity index (χ0v) is 11.2. The van der Waals surface area contributed by atoms with E-state index >= 15 is 0 Å². The first-order valence-corrected chi connectivity index (χ1v) is 6.77. The normalized spacial score (nSPS) is 25.8. The van der Waals surface area contributed by atoms with Crippen LogP contribution in [0.2, 0.25) is 0 Å². The van der Waals surface area contributed by atoms with Gasteiger partial charge in [0, 0.05) is 4.83 Å². The Labute approximate surface area is 101 Å². The molecule has 15 heavy (non-hydrogen) atoms. The maximum Gasteiger partial charge on any atom is 0.0148 e. The van der Waals surface area contributed by atoms with E-state index in [4.69, 9.17) is 0 Å². The van der Waals surface area contributed by atoms with Crippen molar-refractivity contribution in [1.82, 2.24) is 0 Å². The molecule has 0 aliphatic heterocycles. The molecule has 1 aliphatic carbocycles. The molecular formula is C14H19Br. The van der Waals surface area contributed by atoms with Crippen LogP contribution in [0.4, 0.5) is 0 Å². The summed E-state index contributed by atoms with van der Waals surface area (Å²) in [7, 11) is 0. The van der Waals surface area contributed by atoms with E-state index in [2.05, 4.69) is 48.0 Å². The summed E-state index contributed by atoms with van der Waals surface area (Å²) >= 11 is 3.73. The van der Waals surface area contributed by atoms with Gasteiger partial charge < -0.3 is 0 Å². The van der Waals surface area contributed by atoms with Crippen molar-refractivity contribution in [1.29, 1.82) is 0 Å². The Morgan fingerprint density at radius 1 is 1.27 bits per heavy atom. The van der Waals surface area contributed by atoms with Gasteiger partial charge in [-0.05, 0) is 56.6 Å². The second kappa shape index (κ2) is 4.69. The number of rotatable bonds is 2. The highest BCUT2D eigenvalue weighted by molar-refractivity contribution is 9.09. The summed E-state index contributed by atoms with van der Waals surface area (Å²) in [6.07, 6.45) is 5.38. The minimum Gasteiger partial charge on any atom is -0.0891 e. The van der Waals surface area contributed by atoms with Crippen LogP contribution in [0.3, 0.4) is 0 Å². The number of halogens is 1. The number of aryl methyl sites for hydroxylation is 2. The average molecular weight is 267 g/mol. The Morgan fingerprint density at radius 2 is 2.07 bits per heavy atom. The SMILES string of the molecule is Cc1ccc(C)c(CC2CCC(Br)C2)c1. The van der Waals surface area contributed by atoms with Gasteiger partial charge in [0.1, 0.15) is 0 Å². The third-order valence-corrected chi connectivity index (χ3v) is 4.32. The Morgan fingerprint density at radius 3 is 2.73 bits per heavy atom. The Hall–Kier alpha value is -0.300. The van der Waals surface area contributed by atoms with E-state index in [1.807, 2.05) is 0 Å². The zero-order valence-electron chi connectivity index (χ0n) is 9.59. The van der Waals surface area contributed by atoms with Crippen LogP contribution in [0.25, 0.3) is 0 Å². The molecule has 0 N–H and O–H groups in total. The highest BCUT2D eigenvalue weighted by Crippen LogP contribution is 2.33. The molecular weight excluding hydrogens is 248 g/mol. The first kappa shape index (κ1) is 11.2. The molecule has 2 atom stereocenters. The number of hydrogen-bond donors (Lipinski definition) is 0. The van der Waals surface area contributed by atoms with E-state index in [-0.39, 0.29) is 0 Å². The quantitative estimate of drug-likeness (QED) is 0.696. The summed E-state index contributed by atoms with van der Waals surface area (Å²) in [6, 6.07) is 6.82. The van der Waals surface area contributed by atoms with Crippen molar-refractivity contribution in [2.75, 3.05) is 0 Å². The van der Waals surface area contributed by atoms with E-state index < -0.39 is 0 Å². The van der Waals surface area contributed by atoms with Crippen molar-refractivity contribution < 1.29 is 0 Å². The lowest BCUT2D eigenvalue weighted by Crippen LogP contribution is -2.02. The molecule has 0 spiro atoms. The largest absolute Gasteiger partial charge is 0.0891 e. The van der Waals surface area contributed by atoms with Crippen LogP contribution in [-0.4, -0.2) is 4.83 Å². The number of benzene rings is 1. The van der Waals surface area contributed by atoms with E-state index in [9.17, 15) is 0 Å². The Bertz CT molecular complexity index is 343. The van der Waals surface area contributed by atoms with Gasteiger partial charge >= 0.3 is 0 Å². The molecule has 1 aromatic rings. The summed E-state index contributed by atoms with van der Waals surface area (Å²) in [5, 5.41) is 0. The van der Waals surface area contributed by atoms with Crippen molar-refractivity contribution in [3.63, 3.8) is 0 Å². The molecule has 1 aliphatic rings. The van der Waals surface area contributed by atoms with Crippen LogP contribution in [0.5, 0.6) is 0 Å². The zero-order chi connectivity index (χ0) is 10.8. The van der Waals surface area contributed by atoms with Crippen LogP contribution in [-0.2, 0) is 6.42 Å². The van der Waals surface area contributed by atoms with Gasteiger partial charge in [0.05, 0.1) is 0 Å².